The summed E-state index contributed by atoms with van der Waals surface area (Å²) in [5.41, 5.74) is 4.92. The van der Waals surface area contributed by atoms with Crippen LogP contribution >= 0.6 is 0 Å². The van der Waals surface area contributed by atoms with Gasteiger partial charge in [-0.15, -0.1) is 6.42 Å². The smallest absolute Gasteiger partial charge is 0.399 e. The second kappa shape index (κ2) is 7.01. The van der Waals surface area contributed by atoms with Crippen LogP contribution in [0.15, 0.2) is 6.07 Å². The number of piperazine rings is 1. The van der Waals surface area contributed by atoms with Crippen molar-refractivity contribution in [1.29, 1.82) is 0 Å². The highest BCUT2D eigenvalue weighted by molar-refractivity contribution is 6.63. The van der Waals surface area contributed by atoms with Crippen molar-refractivity contribution in [3.8, 4) is 12.3 Å². The van der Waals surface area contributed by atoms with Gasteiger partial charge in [0.25, 0.3) is 0 Å². The topological polar surface area (TPSA) is 33.7 Å². The van der Waals surface area contributed by atoms with E-state index >= 15 is 0 Å². The maximum Gasteiger partial charge on any atom is 0.495 e. The van der Waals surface area contributed by atoms with Crippen molar-refractivity contribution in [2.45, 2.75) is 59.3 Å². The molecule has 2 fully saturated rings. The molecule has 0 saturated carbocycles. The summed E-state index contributed by atoms with van der Waals surface area (Å²) in [6.45, 7) is 17.7. The van der Waals surface area contributed by atoms with E-state index in [4.69, 9.17) is 15.7 Å². The third kappa shape index (κ3) is 3.44. The maximum absolute atomic E-state index is 6.34. The highest BCUT2D eigenvalue weighted by Gasteiger charge is 2.52. The number of terminal acetylenes is 1. The van der Waals surface area contributed by atoms with Crippen LogP contribution in [0.1, 0.15) is 49.9 Å². The number of hydrogen-bond donors (Lipinski definition) is 1. The van der Waals surface area contributed by atoms with Gasteiger partial charge in [0, 0.05) is 38.3 Å². The largest absolute Gasteiger partial charge is 0.495 e. The molecule has 0 aliphatic carbocycles. The van der Waals surface area contributed by atoms with Gasteiger partial charge in [-0.05, 0) is 69.8 Å². The fraction of sp³-hybridized carbons (Fsp3) is 0.619. The average Bonchev–Trinajstić information content (AvgIpc) is 2.79. The molecule has 1 aromatic rings. The predicted octanol–water partition coefficient (Wildman–Crippen LogP) is 1.99. The molecule has 3 rings (SSSR count). The zero-order chi connectivity index (χ0) is 19.1. The Bertz CT molecular complexity index is 715. The summed E-state index contributed by atoms with van der Waals surface area (Å²) in [6.07, 6.45) is 5.82. The second-order valence-corrected chi connectivity index (χ2v) is 8.51. The number of rotatable bonds is 3. The van der Waals surface area contributed by atoms with Crippen LogP contribution in [-0.2, 0) is 15.9 Å². The molecule has 0 bridgehead atoms. The van der Waals surface area contributed by atoms with E-state index in [0.29, 0.717) is 0 Å². The summed E-state index contributed by atoms with van der Waals surface area (Å²) in [5, 5.41) is 3.41. The number of nitrogens with one attached hydrogen (secondary N) is 1. The first-order valence-corrected chi connectivity index (χ1v) is 9.54. The minimum Gasteiger partial charge on any atom is -0.399 e. The molecular formula is C21H31BN2O2. The molecule has 1 aromatic carbocycles. The summed E-state index contributed by atoms with van der Waals surface area (Å²) < 4.78 is 12.7. The van der Waals surface area contributed by atoms with Crippen LogP contribution < -0.4 is 10.8 Å². The minimum absolute atomic E-state index is 0.360. The fourth-order valence-corrected chi connectivity index (χ4v) is 3.73. The molecule has 0 unspecified atom stereocenters. The van der Waals surface area contributed by atoms with E-state index in [0.717, 1.165) is 49.3 Å². The van der Waals surface area contributed by atoms with Gasteiger partial charge in [0.1, 0.15) is 0 Å². The van der Waals surface area contributed by atoms with Gasteiger partial charge in [0.2, 0.25) is 0 Å². The summed E-state index contributed by atoms with van der Waals surface area (Å²) in [4.78, 5) is 2.47. The van der Waals surface area contributed by atoms with Crippen LogP contribution in [0.5, 0.6) is 0 Å². The van der Waals surface area contributed by atoms with Crippen LogP contribution in [0.4, 0.5) is 0 Å². The van der Waals surface area contributed by atoms with Gasteiger partial charge >= 0.3 is 7.12 Å². The SMILES string of the molecule is C#Cc1cc(CN2CCNCC2)c(C)c(B2OC(C)(C)C(C)(C)O2)c1C. The Labute approximate surface area is 158 Å². The molecule has 140 valence electrons. The fourth-order valence-electron chi connectivity index (χ4n) is 3.73. The first kappa shape index (κ1) is 19.4. The number of benzene rings is 1. The van der Waals surface area contributed by atoms with E-state index < -0.39 is 0 Å². The normalized spacial score (nSPS) is 22.4. The van der Waals surface area contributed by atoms with Crippen molar-refractivity contribution in [2.75, 3.05) is 26.2 Å². The van der Waals surface area contributed by atoms with Gasteiger partial charge in [0.05, 0.1) is 11.2 Å². The van der Waals surface area contributed by atoms with Crippen LogP contribution in [0.3, 0.4) is 0 Å². The van der Waals surface area contributed by atoms with E-state index in [9.17, 15) is 0 Å². The molecule has 0 radical (unpaired) electrons. The van der Waals surface area contributed by atoms with E-state index in [2.05, 4.69) is 63.7 Å². The van der Waals surface area contributed by atoms with Gasteiger partial charge in [0.15, 0.2) is 0 Å². The zero-order valence-corrected chi connectivity index (χ0v) is 17.0. The Morgan fingerprint density at radius 3 is 2.23 bits per heavy atom. The first-order valence-electron chi connectivity index (χ1n) is 9.54. The van der Waals surface area contributed by atoms with Crippen molar-refractivity contribution in [1.82, 2.24) is 10.2 Å². The first-order chi connectivity index (χ1) is 12.2. The van der Waals surface area contributed by atoms with Gasteiger partial charge in [-0.3, -0.25) is 4.90 Å². The van der Waals surface area contributed by atoms with Crippen LogP contribution in [-0.4, -0.2) is 49.4 Å². The molecule has 2 heterocycles. The van der Waals surface area contributed by atoms with Crippen molar-refractivity contribution in [2.24, 2.45) is 0 Å². The number of nitrogens with zero attached hydrogens (tertiary/aromatic N) is 1. The van der Waals surface area contributed by atoms with Crippen molar-refractivity contribution in [3.63, 3.8) is 0 Å². The summed E-state index contributed by atoms with van der Waals surface area (Å²) in [5.74, 6) is 2.86. The summed E-state index contributed by atoms with van der Waals surface area (Å²) in [7, 11) is -0.380. The predicted molar refractivity (Wildman–Crippen MR) is 108 cm³/mol. The van der Waals surface area contributed by atoms with Crippen molar-refractivity contribution >= 4 is 12.6 Å². The Morgan fingerprint density at radius 1 is 1.12 bits per heavy atom. The second-order valence-electron chi connectivity index (χ2n) is 8.51. The van der Waals surface area contributed by atoms with E-state index in [1.54, 1.807) is 0 Å². The molecule has 2 aliphatic rings. The molecule has 1 N–H and O–H groups in total. The molecule has 0 aromatic heterocycles. The van der Waals surface area contributed by atoms with Crippen LogP contribution in [0, 0.1) is 26.2 Å². The van der Waals surface area contributed by atoms with Gasteiger partial charge in [-0.25, -0.2) is 0 Å². The van der Waals surface area contributed by atoms with Gasteiger partial charge in [-0.2, -0.15) is 0 Å². The monoisotopic (exact) mass is 354 g/mol. The van der Waals surface area contributed by atoms with Crippen LogP contribution in [0.2, 0.25) is 0 Å². The number of hydrogen-bond acceptors (Lipinski definition) is 4. The lowest BCUT2D eigenvalue weighted by Crippen LogP contribution is -2.44. The maximum atomic E-state index is 6.34. The Kier molecular flexibility index (Phi) is 5.25. The van der Waals surface area contributed by atoms with E-state index in [-0.39, 0.29) is 18.3 Å². The molecule has 26 heavy (non-hydrogen) atoms. The van der Waals surface area contributed by atoms with E-state index in [1.165, 1.54) is 11.1 Å². The molecule has 2 aliphatic heterocycles. The Hall–Kier alpha value is -1.32. The molecule has 0 spiro atoms. The molecular weight excluding hydrogens is 323 g/mol. The third-order valence-electron chi connectivity index (χ3n) is 6.26. The highest BCUT2D eigenvalue weighted by Crippen LogP contribution is 2.37. The average molecular weight is 354 g/mol. The van der Waals surface area contributed by atoms with Crippen LogP contribution in [0.25, 0.3) is 0 Å². The molecule has 0 amide bonds. The van der Waals surface area contributed by atoms with Crippen molar-refractivity contribution < 1.29 is 9.31 Å². The lowest BCUT2D eigenvalue weighted by atomic mass is 9.71. The van der Waals surface area contributed by atoms with Gasteiger partial charge in [-0.1, -0.05) is 5.92 Å². The lowest BCUT2D eigenvalue weighted by Gasteiger charge is -2.32. The molecule has 5 heteroatoms. The lowest BCUT2D eigenvalue weighted by molar-refractivity contribution is 0.00578. The molecule has 0 atom stereocenters. The quantitative estimate of drug-likeness (QED) is 0.665. The van der Waals surface area contributed by atoms with Crippen molar-refractivity contribution in [3.05, 3.63) is 28.3 Å². The zero-order valence-electron chi connectivity index (χ0n) is 17.0. The summed E-state index contributed by atoms with van der Waals surface area (Å²) in [6, 6.07) is 2.17. The Morgan fingerprint density at radius 2 is 1.69 bits per heavy atom. The minimum atomic E-state index is -0.380. The molecule has 2 saturated heterocycles. The third-order valence-corrected chi connectivity index (χ3v) is 6.26. The van der Waals surface area contributed by atoms with Gasteiger partial charge < -0.3 is 14.6 Å². The van der Waals surface area contributed by atoms with E-state index in [1.807, 2.05) is 0 Å². The summed E-state index contributed by atoms with van der Waals surface area (Å²) >= 11 is 0. The molecule has 4 nitrogen and oxygen atoms in total. The Balaban J connectivity index is 1.99. The highest BCUT2D eigenvalue weighted by atomic mass is 16.7. The standard InChI is InChI=1S/C21H31BN2O2/c1-8-17-13-18(14-24-11-9-23-10-12-24)16(3)19(15(17)2)22-25-20(4,5)21(6,7)26-22/h1,13,23H,9-12,14H2,2-7H3.